The summed E-state index contributed by atoms with van der Waals surface area (Å²) in [5.41, 5.74) is 5.38. The first kappa shape index (κ1) is 18.9. The maximum absolute atomic E-state index is 11.9. The van der Waals surface area contributed by atoms with E-state index in [1.807, 2.05) is 30.5 Å². The molecular weight excluding hydrogens is 412 g/mol. The van der Waals surface area contributed by atoms with Gasteiger partial charge in [-0.15, -0.1) is 0 Å². The van der Waals surface area contributed by atoms with Crippen LogP contribution in [0.3, 0.4) is 0 Å². The normalized spacial score (nSPS) is 25.7. The van der Waals surface area contributed by atoms with E-state index in [9.17, 15) is 4.79 Å². The maximum atomic E-state index is 11.9. The minimum absolute atomic E-state index is 0.0502. The highest BCUT2D eigenvalue weighted by Gasteiger charge is 2.46. The summed E-state index contributed by atoms with van der Waals surface area (Å²) >= 11 is 3.66. The van der Waals surface area contributed by atoms with E-state index in [1.54, 1.807) is 6.07 Å². The molecule has 28 heavy (non-hydrogen) atoms. The second kappa shape index (κ2) is 7.51. The third-order valence-electron chi connectivity index (χ3n) is 5.59. The number of nitrogens with zero attached hydrogens (tertiary/aromatic N) is 1. The van der Waals surface area contributed by atoms with Crippen LogP contribution in [0.1, 0.15) is 37.1 Å². The summed E-state index contributed by atoms with van der Waals surface area (Å²) in [6.45, 7) is 4.27. The Morgan fingerprint density at radius 2 is 2.04 bits per heavy atom. The number of aromatic amines is 1. The number of aliphatic imine (C=N–C) groups is 1. The molecule has 2 aliphatic carbocycles. The summed E-state index contributed by atoms with van der Waals surface area (Å²) < 4.78 is 0.920. The Labute approximate surface area is 173 Å². The Morgan fingerprint density at radius 3 is 2.79 bits per heavy atom. The van der Waals surface area contributed by atoms with Crippen molar-refractivity contribution in [3.63, 3.8) is 0 Å². The van der Waals surface area contributed by atoms with E-state index in [2.05, 4.69) is 65.1 Å². The fraction of sp³-hybridized carbons (Fsp3) is 0.250. The number of pyridine rings is 1. The van der Waals surface area contributed by atoms with Gasteiger partial charge in [-0.3, -0.25) is 9.79 Å². The van der Waals surface area contributed by atoms with Gasteiger partial charge in [-0.05, 0) is 59.5 Å². The van der Waals surface area contributed by atoms with Crippen LogP contribution in [-0.2, 0) is 12.0 Å². The molecule has 4 rings (SSSR count). The molecule has 142 valence electrons. The van der Waals surface area contributed by atoms with Crippen molar-refractivity contribution in [2.75, 3.05) is 0 Å². The molecule has 2 atom stereocenters. The van der Waals surface area contributed by atoms with E-state index in [4.69, 9.17) is 4.99 Å². The lowest BCUT2D eigenvalue weighted by atomic mass is 9.63. The number of rotatable bonds is 3. The Balaban J connectivity index is 1.83. The summed E-state index contributed by atoms with van der Waals surface area (Å²) in [6, 6.07) is 13.8. The van der Waals surface area contributed by atoms with E-state index in [0.29, 0.717) is 0 Å². The van der Waals surface area contributed by atoms with Gasteiger partial charge < -0.3 is 4.98 Å². The lowest BCUT2D eigenvalue weighted by Crippen LogP contribution is -2.40. The minimum Gasteiger partial charge on any atom is -0.326 e. The maximum Gasteiger partial charge on any atom is 0.248 e. The SMILES string of the molecule is C/C=C1\[C@H]2C=C(C)C[C@]1(/N=C/C(Br)=C/c1ccccc1)c1ccc(=O)[nH]c1C2. The molecule has 2 aromatic rings. The zero-order valence-electron chi connectivity index (χ0n) is 16.1. The van der Waals surface area contributed by atoms with E-state index >= 15 is 0 Å². The third kappa shape index (κ3) is 3.37. The standard InChI is InChI=1S/C24H23BrN2O/c1-3-20-18-11-16(2)14-24(20,21-9-10-23(28)27-22(21)13-18)26-15-19(25)12-17-7-5-4-6-8-17/h3-12,15,18H,13-14H2,1-2H3,(H,27,28)/b19-12-,20-3+,26-15+/t18-,24+/m0/s1. The van der Waals surface area contributed by atoms with Crippen LogP contribution >= 0.6 is 15.9 Å². The first-order valence-corrected chi connectivity index (χ1v) is 10.4. The monoisotopic (exact) mass is 434 g/mol. The highest BCUT2D eigenvalue weighted by atomic mass is 79.9. The molecule has 0 amide bonds. The molecule has 0 unspecified atom stereocenters. The quantitative estimate of drug-likeness (QED) is 0.499. The van der Waals surface area contributed by atoms with Crippen molar-refractivity contribution in [2.45, 2.75) is 32.2 Å². The van der Waals surface area contributed by atoms with Gasteiger partial charge in [0.1, 0.15) is 5.54 Å². The lowest BCUT2D eigenvalue weighted by Gasteiger charge is -2.45. The van der Waals surface area contributed by atoms with Crippen LogP contribution in [-0.4, -0.2) is 11.2 Å². The largest absolute Gasteiger partial charge is 0.326 e. The molecule has 0 spiro atoms. The number of H-pyrrole nitrogens is 1. The summed E-state index contributed by atoms with van der Waals surface area (Å²) in [5.74, 6) is 0.276. The molecule has 2 bridgehead atoms. The summed E-state index contributed by atoms with van der Waals surface area (Å²) in [6.07, 6.45) is 10.1. The summed E-state index contributed by atoms with van der Waals surface area (Å²) in [7, 11) is 0. The molecule has 0 radical (unpaired) electrons. The van der Waals surface area contributed by atoms with Gasteiger partial charge in [0.05, 0.1) is 0 Å². The molecule has 3 nitrogen and oxygen atoms in total. The second-order valence-electron chi connectivity index (χ2n) is 7.52. The van der Waals surface area contributed by atoms with Gasteiger partial charge in [0, 0.05) is 40.4 Å². The van der Waals surface area contributed by atoms with Crippen LogP contribution in [0.15, 0.2) is 80.0 Å². The van der Waals surface area contributed by atoms with Crippen LogP contribution in [0.5, 0.6) is 0 Å². The topological polar surface area (TPSA) is 45.2 Å². The van der Waals surface area contributed by atoms with Crippen molar-refractivity contribution >= 4 is 28.2 Å². The second-order valence-corrected chi connectivity index (χ2v) is 8.43. The van der Waals surface area contributed by atoms with Gasteiger partial charge >= 0.3 is 0 Å². The average Bonchev–Trinajstić information content (AvgIpc) is 2.66. The third-order valence-corrected chi connectivity index (χ3v) is 6.02. The minimum atomic E-state index is -0.459. The predicted octanol–water partition coefficient (Wildman–Crippen LogP) is 5.55. The molecule has 1 heterocycles. The summed E-state index contributed by atoms with van der Waals surface area (Å²) in [4.78, 5) is 20.1. The van der Waals surface area contributed by atoms with Gasteiger partial charge in [0.15, 0.2) is 0 Å². The van der Waals surface area contributed by atoms with Gasteiger partial charge in [0.2, 0.25) is 5.56 Å². The number of benzene rings is 1. The van der Waals surface area contributed by atoms with Gasteiger partial charge in [-0.25, -0.2) is 0 Å². The first-order valence-electron chi connectivity index (χ1n) is 9.56. The molecule has 4 heteroatoms. The molecular formula is C24H23BrN2O. The molecule has 1 aromatic carbocycles. The van der Waals surface area contributed by atoms with Crippen molar-refractivity contribution in [3.8, 4) is 0 Å². The lowest BCUT2D eigenvalue weighted by molar-refractivity contribution is 0.413. The number of hydrogen-bond donors (Lipinski definition) is 1. The number of halogens is 1. The highest BCUT2D eigenvalue weighted by molar-refractivity contribution is 9.12. The fourth-order valence-electron chi connectivity index (χ4n) is 4.57. The highest BCUT2D eigenvalue weighted by Crippen LogP contribution is 2.51. The molecule has 1 aromatic heterocycles. The van der Waals surface area contributed by atoms with Crippen molar-refractivity contribution in [3.05, 3.63) is 97.4 Å². The Hall–Kier alpha value is -2.46. The van der Waals surface area contributed by atoms with Crippen LogP contribution in [0.2, 0.25) is 0 Å². The van der Waals surface area contributed by atoms with E-state index in [1.165, 1.54) is 11.1 Å². The van der Waals surface area contributed by atoms with Crippen LogP contribution in [0.25, 0.3) is 6.08 Å². The zero-order chi connectivity index (χ0) is 19.7. The van der Waals surface area contributed by atoms with Gasteiger partial charge in [-0.1, -0.05) is 48.1 Å². The van der Waals surface area contributed by atoms with Gasteiger partial charge in [-0.2, -0.15) is 0 Å². The number of allylic oxidation sites excluding steroid dienone is 3. The van der Waals surface area contributed by atoms with Gasteiger partial charge in [0.25, 0.3) is 0 Å². The molecule has 0 fully saturated rings. The Morgan fingerprint density at radius 1 is 1.25 bits per heavy atom. The number of aromatic nitrogens is 1. The van der Waals surface area contributed by atoms with Crippen molar-refractivity contribution in [2.24, 2.45) is 10.9 Å². The molecule has 1 N–H and O–H groups in total. The van der Waals surface area contributed by atoms with Crippen LogP contribution in [0.4, 0.5) is 0 Å². The van der Waals surface area contributed by atoms with Crippen LogP contribution in [0, 0.1) is 5.92 Å². The smallest absolute Gasteiger partial charge is 0.248 e. The van der Waals surface area contributed by atoms with E-state index in [0.717, 1.165) is 34.1 Å². The Kier molecular flexibility index (Phi) is 5.07. The molecule has 2 aliphatic rings. The van der Waals surface area contributed by atoms with Crippen molar-refractivity contribution < 1.29 is 0 Å². The van der Waals surface area contributed by atoms with E-state index < -0.39 is 5.54 Å². The number of hydrogen-bond acceptors (Lipinski definition) is 2. The Bertz CT molecular complexity index is 1080. The molecule has 0 saturated heterocycles. The van der Waals surface area contributed by atoms with Crippen molar-refractivity contribution in [1.29, 1.82) is 0 Å². The van der Waals surface area contributed by atoms with Crippen LogP contribution < -0.4 is 5.56 Å². The first-order chi connectivity index (χ1) is 13.5. The zero-order valence-corrected chi connectivity index (χ0v) is 17.7. The predicted molar refractivity (Wildman–Crippen MR) is 120 cm³/mol. The number of fused-ring (bicyclic) bond motifs is 4. The summed E-state index contributed by atoms with van der Waals surface area (Å²) in [5, 5.41) is 0. The molecule has 0 aliphatic heterocycles. The average molecular weight is 435 g/mol. The fourth-order valence-corrected chi connectivity index (χ4v) is 4.94. The van der Waals surface area contributed by atoms with Crippen molar-refractivity contribution in [1.82, 2.24) is 4.98 Å². The molecule has 0 saturated carbocycles. The number of nitrogens with one attached hydrogen (secondary N) is 1. The van der Waals surface area contributed by atoms with E-state index in [-0.39, 0.29) is 11.5 Å².